The smallest absolute Gasteiger partial charge is 0.164 e. The second kappa shape index (κ2) is 4.64. The van der Waals surface area contributed by atoms with E-state index in [4.69, 9.17) is 0 Å². The van der Waals surface area contributed by atoms with Gasteiger partial charge in [0.15, 0.2) is 5.78 Å². The second-order valence-electron chi connectivity index (χ2n) is 5.19. The zero-order chi connectivity index (χ0) is 13.6. The minimum Gasteiger partial charge on any atom is -0.317 e. The number of carbonyl (C=O) groups is 1. The Kier molecular flexibility index (Phi) is 3.09. The lowest BCUT2D eigenvalue weighted by atomic mass is 9.96. The van der Waals surface area contributed by atoms with Crippen LogP contribution >= 0.6 is 15.9 Å². The van der Waals surface area contributed by atoms with Gasteiger partial charge < -0.3 is 4.57 Å². The topological polar surface area (TPSA) is 22.0 Å². The standard InChI is InChI=1S/C16H16BrNO/c1-10-6-7-12(9-14(10)17)18-11(2)8-13-15(18)4-3-5-16(13)19/h6-9H,3-5H2,1-2H3. The number of carbonyl (C=O) groups excluding carboxylic acids is 1. The molecule has 0 atom stereocenters. The quantitative estimate of drug-likeness (QED) is 0.765. The molecular formula is C16H16BrNO. The minimum atomic E-state index is 0.286. The normalized spacial score (nSPS) is 14.6. The summed E-state index contributed by atoms with van der Waals surface area (Å²) in [7, 11) is 0. The molecule has 1 heterocycles. The molecular weight excluding hydrogens is 302 g/mol. The van der Waals surface area contributed by atoms with Crippen LogP contribution in [0.1, 0.15) is 40.2 Å². The number of nitrogens with zero attached hydrogens (tertiary/aromatic N) is 1. The van der Waals surface area contributed by atoms with E-state index in [-0.39, 0.29) is 5.78 Å². The van der Waals surface area contributed by atoms with E-state index >= 15 is 0 Å². The van der Waals surface area contributed by atoms with Gasteiger partial charge in [0, 0.05) is 33.5 Å². The van der Waals surface area contributed by atoms with Crippen LogP contribution in [0.4, 0.5) is 0 Å². The summed E-state index contributed by atoms with van der Waals surface area (Å²) >= 11 is 3.58. The van der Waals surface area contributed by atoms with Crippen LogP contribution in [0.25, 0.3) is 5.69 Å². The molecule has 0 unspecified atom stereocenters. The molecule has 1 aliphatic carbocycles. The summed E-state index contributed by atoms with van der Waals surface area (Å²) in [5.74, 6) is 0.286. The van der Waals surface area contributed by atoms with E-state index in [0.29, 0.717) is 6.42 Å². The Morgan fingerprint density at radius 2 is 1.95 bits per heavy atom. The van der Waals surface area contributed by atoms with Gasteiger partial charge in [0.2, 0.25) is 0 Å². The molecule has 1 aliphatic rings. The molecule has 1 aromatic carbocycles. The highest BCUT2D eigenvalue weighted by Gasteiger charge is 2.23. The third-order valence-electron chi connectivity index (χ3n) is 3.82. The van der Waals surface area contributed by atoms with Crippen LogP contribution in [0.15, 0.2) is 28.7 Å². The van der Waals surface area contributed by atoms with Crippen LogP contribution in [-0.4, -0.2) is 10.4 Å². The Morgan fingerprint density at radius 3 is 2.68 bits per heavy atom. The molecule has 2 nitrogen and oxygen atoms in total. The Bertz CT molecular complexity index is 670. The number of rotatable bonds is 1. The molecule has 1 aromatic heterocycles. The van der Waals surface area contributed by atoms with Crippen molar-refractivity contribution in [2.45, 2.75) is 33.1 Å². The van der Waals surface area contributed by atoms with E-state index in [1.54, 1.807) is 0 Å². The number of benzene rings is 1. The van der Waals surface area contributed by atoms with Gasteiger partial charge in [-0.3, -0.25) is 4.79 Å². The zero-order valence-corrected chi connectivity index (χ0v) is 12.8. The molecule has 0 spiro atoms. The maximum atomic E-state index is 12.0. The molecule has 0 radical (unpaired) electrons. The molecule has 0 bridgehead atoms. The molecule has 3 heteroatoms. The van der Waals surface area contributed by atoms with Gasteiger partial charge >= 0.3 is 0 Å². The van der Waals surface area contributed by atoms with Crippen molar-refractivity contribution in [1.29, 1.82) is 0 Å². The molecule has 98 valence electrons. The average molecular weight is 318 g/mol. The first-order chi connectivity index (χ1) is 9.08. The number of fused-ring (bicyclic) bond motifs is 1. The van der Waals surface area contributed by atoms with Gasteiger partial charge in [-0.25, -0.2) is 0 Å². The Labute approximate surface area is 121 Å². The molecule has 2 aromatic rings. The van der Waals surface area contributed by atoms with Gasteiger partial charge in [0.1, 0.15) is 0 Å². The van der Waals surface area contributed by atoms with E-state index in [0.717, 1.165) is 34.3 Å². The van der Waals surface area contributed by atoms with Crippen molar-refractivity contribution in [3.8, 4) is 5.69 Å². The van der Waals surface area contributed by atoms with Crippen LogP contribution in [0, 0.1) is 13.8 Å². The van der Waals surface area contributed by atoms with Gasteiger partial charge in [-0.1, -0.05) is 22.0 Å². The summed E-state index contributed by atoms with van der Waals surface area (Å²) in [6, 6.07) is 8.38. The first-order valence-corrected chi connectivity index (χ1v) is 7.38. The van der Waals surface area contributed by atoms with Crippen molar-refractivity contribution in [3.05, 3.63) is 51.3 Å². The van der Waals surface area contributed by atoms with E-state index in [1.165, 1.54) is 11.3 Å². The fourth-order valence-corrected chi connectivity index (χ4v) is 3.18. The summed E-state index contributed by atoms with van der Waals surface area (Å²) in [6.07, 6.45) is 2.64. The van der Waals surface area contributed by atoms with E-state index in [1.807, 2.05) is 6.07 Å². The van der Waals surface area contributed by atoms with E-state index in [2.05, 4.69) is 52.5 Å². The number of hydrogen-bond acceptors (Lipinski definition) is 1. The summed E-state index contributed by atoms with van der Waals surface area (Å²) in [5.41, 5.74) is 5.57. The zero-order valence-electron chi connectivity index (χ0n) is 11.2. The summed E-state index contributed by atoms with van der Waals surface area (Å²) in [6.45, 7) is 4.15. The average Bonchev–Trinajstić information content (AvgIpc) is 2.71. The fourth-order valence-electron chi connectivity index (χ4n) is 2.81. The van der Waals surface area contributed by atoms with Crippen LogP contribution in [0.2, 0.25) is 0 Å². The molecule has 0 saturated carbocycles. The third kappa shape index (κ3) is 2.06. The predicted octanol–water partition coefficient (Wildman–Crippen LogP) is 4.38. The van der Waals surface area contributed by atoms with Crippen molar-refractivity contribution >= 4 is 21.7 Å². The first-order valence-electron chi connectivity index (χ1n) is 6.59. The number of hydrogen-bond donors (Lipinski definition) is 0. The van der Waals surface area contributed by atoms with Crippen molar-refractivity contribution in [2.75, 3.05) is 0 Å². The molecule has 0 N–H and O–H groups in total. The number of halogens is 1. The van der Waals surface area contributed by atoms with Gasteiger partial charge in [0.25, 0.3) is 0 Å². The third-order valence-corrected chi connectivity index (χ3v) is 4.67. The predicted molar refractivity (Wildman–Crippen MR) is 80.2 cm³/mol. The summed E-state index contributed by atoms with van der Waals surface area (Å²) < 4.78 is 3.32. The maximum absolute atomic E-state index is 12.0. The lowest BCUT2D eigenvalue weighted by molar-refractivity contribution is 0.0972. The van der Waals surface area contributed by atoms with Crippen molar-refractivity contribution in [3.63, 3.8) is 0 Å². The number of ketones is 1. The monoisotopic (exact) mass is 317 g/mol. The van der Waals surface area contributed by atoms with Crippen molar-refractivity contribution < 1.29 is 4.79 Å². The van der Waals surface area contributed by atoms with Crippen LogP contribution in [0.5, 0.6) is 0 Å². The van der Waals surface area contributed by atoms with Crippen molar-refractivity contribution in [1.82, 2.24) is 4.57 Å². The molecule has 0 amide bonds. The lowest BCUT2D eigenvalue weighted by Gasteiger charge is -2.16. The van der Waals surface area contributed by atoms with Gasteiger partial charge in [0.05, 0.1) is 0 Å². The highest BCUT2D eigenvalue weighted by atomic mass is 79.9. The van der Waals surface area contributed by atoms with Crippen LogP contribution in [0.3, 0.4) is 0 Å². The van der Waals surface area contributed by atoms with E-state index < -0.39 is 0 Å². The SMILES string of the molecule is Cc1ccc(-n2c(C)cc3c2CCCC3=O)cc1Br. The summed E-state index contributed by atoms with van der Waals surface area (Å²) in [4.78, 5) is 12.0. The van der Waals surface area contributed by atoms with Gasteiger partial charge in [-0.05, 0) is 50.5 Å². The molecule has 0 saturated heterocycles. The molecule has 3 rings (SSSR count). The summed E-state index contributed by atoms with van der Waals surface area (Å²) in [5, 5.41) is 0. The number of Topliss-reactive ketones (excluding diaryl/α,β-unsaturated/α-hetero) is 1. The fraction of sp³-hybridized carbons (Fsp3) is 0.312. The van der Waals surface area contributed by atoms with Crippen LogP contribution in [-0.2, 0) is 6.42 Å². The molecule has 19 heavy (non-hydrogen) atoms. The van der Waals surface area contributed by atoms with Gasteiger partial charge in [-0.2, -0.15) is 0 Å². The highest BCUT2D eigenvalue weighted by Crippen LogP contribution is 2.29. The Hall–Kier alpha value is -1.35. The number of aryl methyl sites for hydroxylation is 2. The first kappa shape index (κ1) is 12.7. The lowest BCUT2D eigenvalue weighted by Crippen LogP contribution is -2.12. The largest absolute Gasteiger partial charge is 0.317 e. The Morgan fingerprint density at radius 1 is 1.16 bits per heavy atom. The van der Waals surface area contributed by atoms with Gasteiger partial charge in [-0.15, -0.1) is 0 Å². The van der Waals surface area contributed by atoms with E-state index in [9.17, 15) is 4.79 Å². The molecule has 0 aliphatic heterocycles. The van der Waals surface area contributed by atoms with Crippen molar-refractivity contribution in [2.24, 2.45) is 0 Å². The second-order valence-corrected chi connectivity index (χ2v) is 6.05. The maximum Gasteiger partial charge on any atom is 0.164 e. The molecule has 0 fully saturated rings. The highest BCUT2D eigenvalue weighted by molar-refractivity contribution is 9.10. The van der Waals surface area contributed by atoms with Crippen LogP contribution < -0.4 is 0 Å². The number of aromatic nitrogens is 1. The Balaban J connectivity index is 2.20. The minimum absolute atomic E-state index is 0.286.